The van der Waals surface area contributed by atoms with E-state index in [4.69, 9.17) is 5.73 Å². The molecule has 1 saturated heterocycles. The van der Waals surface area contributed by atoms with Gasteiger partial charge in [-0.3, -0.25) is 9.25 Å². The number of fused-ring (bicyclic) bond motifs is 1. The number of nitrogen functional groups attached to an aromatic ring is 1. The van der Waals surface area contributed by atoms with Crippen LogP contribution in [-0.2, 0) is 29.9 Å². The summed E-state index contributed by atoms with van der Waals surface area (Å²) in [7, 11) is -1.15. The van der Waals surface area contributed by atoms with Crippen molar-refractivity contribution in [1.82, 2.24) is 19.3 Å². The van der Waals surface area contributed by atoms with E-state index in [-0.39, 0.29) is 11.0 Å². The molecular weight excluding hydrogens is 290 g/mol. The van der Waals surface area contributed by atoms with Gasteiger partial charge < -0.3 is 5.73 Å². The van der Waals surface area contributed by atoms with E-state index in [0.717, 1.165) is 36.1 Å². The Morgan fingerprint density at radius 1 is 1.43 bits per heavy atom. The number of sulfone groups is 1. The van der Waals surface area contributed by atoms with Crippen LogP contribution in [0.3, 0.4) is 0 Å². The van der Waals surface area contributed by atoms with Crippen molar-refractivity contribution >= 4 is 26.9 Å². The van der Waals surface area contributed by atoms with Crippen molar-refractivity contribution in [1.29, 1.82) is 0 Å². The fraction of sp³-hybridized carbons (Fsp3) is 0.692. The van der Waals surface area contributed by atoms with Gasteiger partial charge in [0.05, 0.1) is 16.7 Å². The molecule has 1 aliphatic heterocycles. The molecule has 1 fully saturated rings. The zero-order valence-corrected chi connectivity index (χ0v) is 13.2. The summed E-state index contributed by atoms with van der Waals surface area (Å²) >= 11 is 0. The van der Waals surface area contributed by atoms with Crippen LogP contribution in [0.4, 0.5) is 5.95 Å². The van der Waals surface area contributed by atoms with Crippen LogP contribution in [0.1, 0.15) is 31.9 Å². The second kappa shape index (κ2) is 5.01. The van der Waals surface area contributed by atoms with E-state index >= 15 is 0 Å². The maximum absolute atomic E-state index is 12.0. The van der Waals surface area contributed by atoms with Gasteiger partial charge in [-0.15, -0.1) is 0 Å². The second-order valence-electron chi connectivity index (χ2n) is 5.70. The first kappa shape index (κ1) is 14.4. The number of hydrogen-bond donors (Lipinski definition) is 1. The van der Waals surface area contributed by atoms with Crippen LogP contribution in [0.15, 0.2) is 0 Å². The molecule has 21 heavy (non-hydrogen) atoms. The third-order valence-electron chi connectivity index (χ3n) is 4.16. The normalized spacial score (nSPS) is 21.3. The van der Waals surface area contributed by atoms with Gasteiger partial charge in [0.25, 0.3) is 0 Å². The molecule has 2 N–H and O–H groups in total. The first-order valence-corrected chi connectivity index (χ1v) is 9.04. The lowest BCUT2D eigenvalue weighted by molar-refractivity contribution is 0.567. The average Bonchev–Trinajstić information content (AvgIpc) is 2.99. The first-order chi connectivity index (χ1) is 9.94. The largest absolute Gasteiger partial charge is 0.369 e. The maximum Gasteiger partial charge on any atom is 0.202 e. The number of imidazole rings is 1. The third kappa shape index (κ3) is 2.31. The number of aromatic nitrogens is 4. The molecule has 1 atom stereocenters. The van der Waals surface area contributed by atoms with Crippen molar-refractivity contribution in [3.05, 3.63) is 5.69 Å². The molecule has 0 saturated carbocycles. The molecule has 0 spiro atoms. The first-order valence-electron chi connectivity index (χ1n) is 7.33. The van der Waals surface area contributed by atoms with Crippen LogP contribution in [0.2, 0.25) is 0 Å². The molecule has 1 aliphatic rings. The topological polar surface area (TPSA) is 95.8 Å². The lowest BCUT2D eigenvalue weighted by Crippen LogP contribution is -2.23. The Labute approximate surface area is 124 Å². The fourth-order valence-corrected chi connectivity index (χ4v) is 4.92. The van der Waals surface area contributed by atoms with Crippen LogP contribution in [0, 0.1) is 0 Å². The average molecular weight is 311 g/mol. The molecule has 7 nitrogen and oxygen atoms in total. The number of nitrogens with zero attached hydrogens (tertiary/aromatic N) is 4. The van der Waals surface area contributed by atoms with Crippen molar-refractivity contribution in [3.63, 3.8) is 0 Å². The highest BCUT2D eigenvalue weighted by Gasteiger charge is 2.33. The minimum atomic E-state index is -3.00. The molecular formula is C13H21N5O2S. The number of nitrogens with two attached hydrogens (primary N) is 1. The summed E-state index contributed by atoms with van der Waals surface area (Å²) in [5.41, 5.74) is 8.56. The molecule has 0 bridgehead atoms. The molecule has 2 aromatic rings. The summed E-state index contributed by atoms with van der Waals surface area (Å²) in [6.45, 7) is 2.46. The number of aryl methyl sites for hydroxylation is 2. The molecule has 3 heterocycles. The molecule has 1 unspecified atom stereocenters. The monoisotopic (exact) mass is 311 g/mol. The number of hydrogen-bond acceptors (Lipinski definition) is 5. The van der Waals surface area contributed by atoms with E-state index in [9.17, 15) is 8.42 Å². The molecule has 0 radical (unpaired) electrons. The van der Waals surface area contributed by atoms with Gasteiger partial charge in [-0.2, -0.15) is 5.10 Å². The Morgan fingerprint density at radius 3 is 2.81 bits per heavy atom. The molecule has 2 aromatic heterocycles. The van der Waals surface area contributed by atoms with Crippen LogP contribution >= 0.6 is 0 Å². The predicted molar refractivity (Wildman–Crippen MR) is 81.7 cm³/mol. The number of rotatable bonds is 4. The zero-order chi connectivity index (χ0) is 15.2. The van der Waals surface area contributed by atoms with E-state index < -0.39 is 9.84 Å². The Hall–Kier alpha value is -1.57. The third-order valence-corrected chi connectivity index (χ3v) is 6.42. The smallest absolute Gasteiger partial charge is 0.202 e. The van der Waals surface area contributed by atoms with Gasteiger partial charge in [0, 0.05) is 13.6 Å². The summed E-state index contributed by atoms with van der Waals surface area (Å²) in [5.74, 6) is 0.652. The maximum atomic E-state index is 12.0. The Morgan fingerprint density at radius 2 is 2.19 bits per heavy atom. The second-order valence-corrected chi connectivity index (χ2v) is 8.10. The summed E-state index contributed by atoms with van der Waals surface area (Å²) in [5, 5.41) is 4.12. The van der Waals surface area contributed by atoms with Gasteiger partial charge in [-0.25, -0.2) is 13.4 Å². The van der Waals surface area contributed by atoms with Gasteiger partial charge in [-0.1, -0.05) is 13.3 Å². The van der Waals surface area contributed by atoms with Gasteiger partial charge in [0.1, 0.15) is 5.52 Å². The Balaban J connectivity index is 2.04. The standard InChI is InChI=1S/C13H21N5O2S/c1-3-5-10-11-12(17(2)16-10)18(13(14)15-11)8-9-6-4-7-21(9,19)20/h9H,3-8H2,1-2H3,(H2,14,15). The molecule has 3 rings (SSSR count). The van der Waals surface area contributed by atoms with Crippen LogP contribution in [0.5, 0.6) is 0 Å². The van der Waals surface area contributed by atoms with Gasteiger partial charge in [0.2, 0.25) is 5.95 Å². The Bertz CT molecular complexity index is 774. The minimum absolute atomic E-state index is 0.280. The number of anilines is 1. The van der Waals surface area contributed by atoms with Crippen molar-refractivity contribution in [2.24, 2.45) is 7.05 Å². The van der Waals surface area contributed by atoms with E-state index in [0.29, 0.717) is 18.9 Å². The van der Waals surface area contributed by atoms with Crippen LogP contribution in [0.25, 0.3) is 11.2 Å². The quantitative estimate of drug-likeness (QED) is 0.904. The predicted octanol–water partition coefficient (Wildman–Crippen LogP) is 0.882. The SMILES string of the molecule is CCCc1nn(C)c2c1nc(N)n2CC1CCCS1(=O)=O. The van der Waals surface area contributed by atoms with Crippen molar-refractivity contribution in [3.8, 4) is 0 Å². The molecule has 8 heteroatoms. The van der Waals surface area contributed by atoms with E-state index in [1.54, 1.807) is 9.25 Å². The lowest BCUT2D eigenvalue weighted by Gasteiger charge is -2.12. The molecule has 0 aromatic carbocycles. The summed E-state index contributed by atoms with van der Waals surface area (Å²) in [4.78, 5) is 4.40. The zero-order valence-electron chi connectivity index (χ0n) is 12.4. The molecule has 116 valence electrons. The van der Waals surface area contributed by atoms with Crippen LogP contribution in [-0.4, -0.2) is 38.8 Å². The van der Waals surface area contributed by atoms with Gasteiger partial charge in [-0.05, 0) is 19.3 Å². The molecule has 0 amide bonds. The van der Waals surface area contributed by atoms with Crippen molar-refractivity contribution < 1.29 is 8.42 Å². The summed E-state index contributed by atoms with van der Waals surface area (Å²) < 4.78 is 27.6. The van der Waals surface area contributed by atoms with Crippen molar-refractivity contribution in [2.75, 3.05) is 11.5 Å². The summed E-state index contributed by atoms with van der Waals surface area (Å²) in [6, 6.07) is 0. The minimum Gasteiger partial charge on any atom is -0.369 e. The van der Waals surface area contributed by atoms with Crippen LogP contribution < -0.4 is 5.73 Å². The lowest BCUT2D eigenvalue weighted by atomic mass is 10.2. The fourth-order valence-electron chi connectivity index (χ4n) is 3.11. The highest BCUT2D eigenvalue weighted by Crippen LogP contribution is 2.27. The van der Waals surface area contributed by atoms with Gasteiger partial charge in [0.15, 0.2) is 15.5 Å². The van der Waals surface area contributed by atoms with Crippen molar-refractivity contribution in [2.45, 2.75) is 44.4 Å². The van der Waals surface area contributed by atoms with E-state index in [2.05, 4.69) is 17.0 Å². The Kier molecular flexibility index (Phi) is 3.43. The highest BCUT2D eigenvalue weighted by molar-refractivity contribution is 7.92. The molecule has 0 aliphatic carbocycles. The van der Waals surface area contributed by atoms with E-state index in [1.165, 1.54) is 0 Å². The highest BCUT2D eigenvalue weighted by atomic mass is 32.2. The summed E-state index contributed by atoms with van der Waals surface area (Å²) in [6.07, 6.45) is 3.25. The van der Waals surface area contributed by atoms with Gasteiger partial charge >= 0.3 is 0 Å². The van der Waals surface area contributed by atoms with E-state index in [1.807, 2.05) is 7.05 Å².